The number of aliphatic carboxylic acids is 1. The monoisotopic (exact) mass is 281 g/mol. The molecule has 114 valence electrons. The third-order valence-corrected chi connectivity index (χ3v) is 5.14. The quantitative estimate of drug-likeness (QED) is 0.865. The van der Waals surface area contributed by atoms with Gasteiger partial charge >= 0.3 is 5.97 Å². The fourth-order valence-corrected chi connectivity index (χ4v) is 3.75. The minimum Gasteiger partial charge on any atom is -0.481 e. The summed E-state index contributed by atoms with van der Waals surface area (Å²) in [4.78, 5) is 26.0. The van der Waals surface area contributed by atoms with Gasteiger partial charge in [-0.15, -0.1) is 0 Å². The average Bonchev–Trinajstić information content (AvgIpc) is 2.71. The number of carboxylic acid groups (broad SMARTS) is 1. The van der Waals surface area contributed by atoms with Crippen LogP contribution in [0, 0.1) is 17.8 Å². The molecular weight excluding hydrogens is 254 g/mol. The molecule has 0 aromatic carbocycles. The minimum absolute atomic E-state index is 0.105. The van der Waals surface area contributed by atoms with E-state index in [4.69, 9.17) is 0 Å². The first kappa shape index (κ1) is 15.3. The van der Waals surface area contributed by atoms with Gasteiger partial charge in [-0.3, -0.25) is 9.59 Å². The molecule has 4 nitrogen and oxygen atoms in total. The van der Waals surface area contributed by atoms with Crippen molar-refractivity contribution >= 4 is 11.9 Å². The second kappa shape index (κ2) is 7.09. The Labute approximate surface area is 121 Å². The molecule has 1 amide bonds. The van der Waals surface area contributed by atoms with Crippen LogP contribution >= 0.6 is 0 Å². The lowest BCUT2D eigenvalue weighted by atomic mass is 9.78. The summed E-state index contributed by atoms with van der Waals surface area (Å²) in [7, 11) is 0. The molecule has 0 aromatic rings. The molecule has 4 heteroatoms. The summed E-state index contributed by atoms with van der Waals surface area (Å²) in [5.74, 6) is -0.687. The molecule has 0 radical (unpaired) electrons. The smallest absolute Gasteiger partial charge is 0.307 e. The van der Waals surface area contributed by atoms with Gasteiger partial charge in [0.1, 0.15) is 0 Å². The number of carbonyl (C=O) groups excluding carboxylic acids is 1. The van der Waals surface area contributed by atoms with Gasteiger partial charge in [0.25, 0.3) is 0 Å². The second-order valence-corrected chi connectivity index (χ2v) is 6.37. The molecule has 2 aliphatic rings. The Morgan fingerprint density at radius 1 is 1.00 bits per heavy atom. The fourth-order valence-electron chi connectivity index (χ4n) is 3.75. The number of likely N-dealkylation sites (tertiary alicyclic amines) is 1. The summed E-state index contributed by atoms with van der Waals surface area (Å²) in [5, 5.41) is 9.32. The third-order valence-electron chi connectivity index (χ3n) is 5.14. The maximum atomic E-state index is 12.7. The van der Waals surface area contributed by atoms with Gasteiger partial charge in [-0.1, -0.05) is 26.2 Å². The van der Waals surface area contributed by atoms with E-state index in [0.717, 1.165) is 51.1 Å². The predicted molar refractivity (Wildman–Crippen MR) is 77.3 cm³/mol. The highest BCUT2D eigenvalue weighted by Gasteiger charge is 2.38. The van der Waals surface area contributed by atoms with Crippen LogP contribution in [0.25, 0.3) is 0 Å². The molecule has 0 aromatic heterocycles. The van der Waals surface area contributed by atoms with Gasteiger partial charge in [-0.25, -0.2) is 0 Å². The molecule has 2 rings (SSSR count). The summed E-state index contributed by atoms with van der Waals surface area (Å²) in [6.45, 7) is 3.85. The molecule has 1 aliphatic heterocycles. The van der Waals surface area contributed by atoms with E-state index in [1.54, 1.807) is 0 Å². The standard InChI is InChI=1S/C16H27NO3/c1-2-12-6-5-10-17(11-9-12)15(18)13-7-3-4-8-14(13)16(19)20/h12-14H,2-11H2,1H3,(H,19,20)/t12?,13-,14+/m1/s1. The van der Waals surface area contributed by atoms with Gasteiger partial charge in [-0.05, 0) is 38.0 Å². The van der Waals surface area contributed by atoms with E-state index < -0.39 is 11.9 Å². The lowest BCUT2D eigenvalue weighted by Gasteiger charge is -2.32. The van der Waals surface area contributed by atoms with E-state index in [-0.39, 0.29) is 11.8 Å². The van der Waals surface area contributed by atoms with Gasteiger partial charge in [0.05, 0.1) is 11.8 Å². The lowest BCUT2D eigenvalue weighted by Crippen LogP contribution is -2.43. The zero-order chi connectivity index (χ0) is 14.5. The van der Waals surface area contributed by atoms with E-state index in [1.165, 1.54) is 12.8 Å². The first-order chi connectivity index (χ1) is 9.63. The number of carboxylic acids is 1. The Balaban J connectivity index is 1.99. The molecule has 1 aliphatic carbocycles. The molecule has 1 N–H and O–H groups in total. The SMILES string of the molecule is CCC1CCCN(C(=O)[C@@H]2CCCC[C@@H]2C(=O)O)CC1. The Bertz CT molecular complexity index is 356. The zero-order valence-corrected chi connectivity index (χ0v) is 12.5. The first-order valence-electron chi connectivity index (χ1n) is 8.15. The largest absolute Gasteiger partial charge is 0.481 e. The first-order valence-corrected chi connectivity index (χ1v) is 8.15. The molecule has 2 fully saturated rings. The second-order valence-electron chi connectivity index (χ2n) is 6.37. The number of rotatable bonds is 3. The van der Waals surface area contributed by atoms with E-state index >= 15 is 0 Å². The number of nitrogens with zero attached hydrogens (tertiary/aromatic N) is 1. The van der Waals surface area contributed by atoms with Crippen LogP contribution < -0.4 is 0 Å². The van der Waals surface area contributed by atoms with Crippen molar-refractivity contribution in [3.05, 3.63) is 0 Å². The van der Waals surface area contributed by atoms with Crippen molar-refractivity contribution in [2.24, 2.45) is 17.8 Å². The Kier molecular flexibility index (Phi) is 5.44. The molecule has 0 bridgehead atoms. The van der Waals surface area contributed by atoms with Crippen LogP contribution in [0.4, 0.5) is 0 Å². The van der Waals surface area contributed by atoms with Gasteiger partial charge in [0.15, 0.2) is 0 Å². The van der Waals surface area contributed by atoms with Crippen molar-refractivity contribution < 1.29 is 14.7 Å². The molecule has 0 spiro atoms. The summed E-state index contributed by atoms with van der Waals surface area (Å²) >= 11 is 0. The molecule has 1 unspecified atom stereocenters. The topological polar surface area (TPSA) is 57.6 Å². The summed E-state index contributed by atoms with van der Waals surface area (Å²) in [6, 6.07) is 0. The predicted octanol–water partition coefficient (Wildman–Crippen LogP) is 2.92. The van der Waals surface area contributed by atoms with E-state index in [9.17, 15) is 14.7 Å². The van der Waals surface area contributed by atoms with Gasteiger partial charge in [0.2, 0.25) is 5.91 Å². The highest BCUT2D eigenvalue weighted by atomic mass is 16.4. The van der Waals surface area contributed by atoms with Gasteiger partial charge < -0.3 is 10.0 Å². The molecule has 1 saturated carbocycles. The van der Waals surface area contributed by atoms with Crippen LogP contribution in [0.1, 0.15) is 58.3 Å². The van der Waals surface area contributed by atoms with Crippen molar-refractivity contribution in [2.75, 3.05) is 13.1 Å². The van der Waals surface area contributed by atoms with E-state index in [2.05, 4.69) is 6.92 Å². The lowest BCUT2D eigenvalue weighted by molar-refractivity contribution is -0.152. The average molecular weight is 281 g/mol. The van der Waals surface area contributed by atoms with Crippen LogP contribution in [-0.2, 0) is 9.59 Å². The van der Waals surface area contributed by atoms with E-state index in [0.29, 0.717) is 6.42 Å². The maximum absolute atomic E-state index is 12.7. The number of hydrogen-bond acceptors (Lipinski definition) is 2. The molecule has 1 saturated heterocycles. The normalized spacial score (nSPS) is 31.6. The Morgan fingerprint density at radius 3 is 2.35 bits per heavy atom. The summed E-state index contributed by atoms with van der Waals surface area (Å²) in [5.41, 5.74) is 0. The Hall–Kier alpha value is -1.06. The van der Waals surface area contributed by atoms with Crippen LogP contribution in [0.15, 0.2) is 0 Å². The number of amides is 1. The van der Waals surface area contributed by atoms with Crippen molar-refractivity contribution in [1.29, 1.82) is 0 Å². The molecule has 3 atom stereocenters. The minimum atomic E-state index is -0.788. The van der Waals surface area contributed by atoms with Gasteiger partial charge in [-0.2, -0.15) is 0 Å². The molecule has 1 heterocycles. The number of hydrogen-bond donors (Lipinski definition) is 1. The van der Waals surface area contributed by atoms with Crippen LogP contribution in [0.2, 0.25) is 0 Å². The maximum Gasteiger partial charge on any atom is 0.307 e. The number of carbonyl (C=O) groups is 2. The fraction of sp³-hybridized carbons (Fsp3) is 0.875. The van der Waals surface area contributed by atoms with Gasteiger partial charge in [0, 0.05) is 13.1 Å². The summed E-state index contributed by atoms with van der Waals surface area (Å²) in [6.07, 6.45) is 7.88. The van der Waals surface area contributed by atoms with Crippen LogP contribution in [0.3, 0.4) is 0 Å². The summed E-state index contributed by atoms with van der Waals surface area (Å²) < 4.78 is 0. The van der Waals surface area contributed by atoms with Crippen molar-refractivity contribution in [3.8, 4) is 0 Å². The highest BCUT2D eigenvalue weighted by molar-refractivity contribution is 5.85. The highest BCUT2D eigenvalue weighted by Crippen LogP contribution is 2.32. The third kappa shape index (κ3) is 3.53. The molecular formula is C16H27NO3. The van der Waals surface area contributed by atoms with Crippen molar-refractivity contribution in [3.63, 3.8) is 0 Å². The zero-order valence-electron chi connectivity index (χ0n) is 12.5. The van der Waals surface area contributed by atoms with E-state index in [1.807, 2.05) is 4.90 Å². The van der Waals surface area contributed by atoms with Crippen molar-refractivity contribution in [1.82, 2.24) is 4.90 Å². The van der Waals surface area contributed by atoms with Crippen LogP contribution in [0.5, 0.6) is 0 Å². The molecule has 20 heavy (non-hydrogen) atoms. The van der Waals surface area contributed by atoms with Crippen molar-refractivity contribution in [2.45, 2.75) is 58.3 Å². The Morgan fingerprint density at radius 2 is 1.70 bits per heavy atom. The van der Waals surface area contributed by atoms with Crippen LogP contribution in [-0.4, -0.2) is 35.0 Å².